The maximum Gasteiger partial charge on any atom is 0.472 e. The molecule has 0 bridgehead atoms. The van der Waals surface area contributed by atoms with Gasteiger partial charge >= 0.3 is 14.0 Å². The summed E-state index contributed by atoms with van der Waals surface area (Å²) in [6.45, 7) is 2.84. The quantitative estimate of drug-likeness (QED) is 0.0246. The summed E-state index contributed by atoms with van der Waals surface area (Å²) in [4.78, 5) is 15.0. The number of anilines is 2. The number of benzene rings is 1. The molecule has 0 aliphatic carbocycles. The predicted molar refractivity (Wildman–Crippen MR) is 218 cm³/mol. The number of aromatic nitrogens is 3. The minimum atomic E-state index is -4.70. The van der Waals surface area contributed by atoms with Gasteiger partial charge in [0.25, 0.3) is 0 Å². The molecule has 1 unspecified atom stereocenters. The zero-order valence-corrected chi connectivity index (χ0v) is 35.9. The number of nitrogens with zero attached hydrogens (tertiary/aromatic N) is 3. The summed E-state index contributed by atoms with van der Waals surface area (Å²) in [7, 11) is -3.07. The molecule has 1 aromatic carbocycles. The summed E-state index contributed by atoms with van der Waals surface area (Å²) >= 11 is 0. The Morgan fingerprint density at radius 1 is 0.917 bits per heavy atom. The van der Waals surface area contributed by atoms with Crippen molar-refractivity contribution in [2.45, 2.75) is 165 Å². The number of fused-ring (bicyclic) bond motifs is 2. The summed E-state index contributed by atoms with van der Waals surface area (Å²) in [5.74, 6) is -1.22. The summed E-state index contributed by atoms with van der Waals surface area (Å²) in [5.41, 5.74) is 12.4. The number of likely N-dealkylation sites (N-methyl/N-ethyl adjacent to an activating group) is 1. The van der Waals surface area contributed by atoms with Crippen LogP contribution in [0.2, 0.25) is 0 Å². The van der Waals surface area contributed by atoms with Gasteiger partial charge in [0, 0.05) is 12.1 Å². The van der Waals surface area contributed by atoms with E-state index in [0.717, 1.165) is 77.0 Å². The zero-order valence-electron chi connectivity index (χ0n) is 35.0. The van der Waals surface area contributed by atoms with E-state index >= 15 is 0 Å². The lowest BCUT2D eigenvalue weighted by Gasteiger charge is -2.34. The van der Waals surface area contributed by atoms with Crippen molar-refractivity contribution in [1.82, 2.24) is 19.9 Å². The summed E-state index contributed by atoms with van der Waals surface area (Å²) in [6, 6.07) is 7.72. The lowest BCUT2D eigenvalue weighted by Crippen LogP contribution is -2.56. The number of nitrogens with one attached hydrogen (secondary N) is 1. The van der Waals surface area contributed by atoms with Crippen LogP contribution in [-0.2, 0) is 39.2 Å². The first-order valence-corrected chi connectivity index (χ1v) is 22.6. The van der Waals surface area contributed by atoms with E-state index in [1.807, 2.05) is 0 Å². The third kappa shape index (κ3) is 14.3. The molecule has 0 saturated carbocycles. The molecule has 14 nitrogen and oxygen atoms in total. The van der Waals surface area contributed by atoms with Crippen LogP contribution in [0.5, 0.6) is 0 Å². The van der Waals surface area contributed by atoms with E-state index in [-0.39, 0.29) is 31.1 Å². The van der Waals surface area contributed by atoms with Crippen LogP contribution < -0.4 is 16.8 Å². The highest BCUT2D eigenvalue weighted by Gasteiger charge is 2.64. The second-order valence-electron chi connectivity index (χ2n) is 16.4. The Morgan fingerprint density at radius 3 is 2.17 bits per heavy atom. The highest BCUT2D eigenvalue weighted by Crippen LogP contribution is 2.52. The molecule has 6 atom stereocenters. The van der Waals surface area contributed by atoms with Gasteiger partial charge in [0.15, 0.2) is 17.3 Å². The number of halogens is 4. The van der Waals surface area contributed by atoms with Crippen LogP contribution in [0.4, 0.5) is 29.1 Å². The SMILES string of the molecule is CN[C@]1(COP(=O)(O)OC[C@H](CCCCCCCCCCCCCCCCC(F)(F)F)OCc2cc(N)cc(F)c2)O[C@@H](c2ccc3c(N)ncnn23)[C@@H]2OC(C)(C)O[C@@H]21. The Morgan fingerprint density at radius 2 is 1.55 bits per heavy atom. The van der Waals surface area contributed by atoms with Gasteiger partial charge in [0.2, 0.25) is 0 Å². The van der Waals surface area contributed by atoms with E-state index < -0.39 is 68.8 Å². The Balaban J connectivity index is 1.08. The Labute approximate surface area is 350 Å². The number of phosphoric ester groups is 1. The molecule has 2 saturated heterocycles. The molecule has 60 heavy (non-hydrogen) atoms. The number of unbranched alkanes of at least 4 members (excludes halogenated alkanes) is 13. The summed E-state index contributed by atoms with van der Waals surface area (Å²) < 4.78 is 102. The van der Waals surface area contributed by atoms with E-state index in [2.05, 4.69) is 15.4 Å². The van der Waals surface area contributed by atoms with Crippen molar-refractivity contribution < 1.29 is 55.0 Å². The third-order valence-electron chi connectivity index (χ3n) is 11.0. The van der Waals surface area contributed by atoms with Gasteiger partial charge in [0.05, 0.1) is 25.0 Å². The van der Waals surface area contributed by atoms with Crippen LogP contribution in [-0.4, -0.2) is 75.8 Å². The molecule has 2 fully saturated rings. The van der Waals surface area contributed by atoms with Crippen LogP contribution in [0.1, 0.15) is 134 Å². The highest BCUT2D eigenvalue weighted by molar-refractivity contribution is 7.47. The molecule has 3 aromatic rings. The fourth-order valence-corrected chi connectivity index (χ4v) is 8.72. The largest absolute Gasteiger partial charge is 0.472 e. The maximum atomic E-state index is 14.1. The fourth-order valence-electron chi connectivity index (χ4n) is 7.94. The van der Waals surface area contributed by atoms with E-state index in [1.165, 1.54) is 18.5 Å². The van der Waals surface area contributed by atoms with Crippen molar-refractivity contribution in [1.29, 1.82) is 0 Å². The van der Waals surface area contributed by atoms with Crippen molar-refractivity contribution in [2.24, 2.45) is 0 Å². The second-order valence-corrected chi connectivity index (χ2v) is 17.8. The van der Waals surface area contributed by atoms with Crippen molar-refractivity contribution >= 4 is 24.8 Å². The third-order valence-corrected chi connectivity index (χ3v) is 11.9. The number of rotatable bonds is 27. The second kappa shape index (κ2) is 21.9. The molecule has 2 aliphatic rings. The normalized spacial score (nSPS) is 23.0. The number of hydrogen-bond acceptors (Lipinski definition) is 12. The first kappa shape index (κ1) is 48.1. The van der Waals surface area contributed by atoms with Crippen LogP contribution >= 0.6 is 7.82 Å². The molecule has 338 valence electrons. The molecule has 5 rings (SSSR count). The number of nitrogen functional groups attached to an aromatic ring is 2. The number of hydrogen-bond donors (Lipinski definition) is 4. The molecular weight excluding hydrogens is 811 g/mol. The van der Waals surface area contributed by atoms with Gasteiger partial charge in [-0.15, -0.1) is 0 Å². The van der Waals surface area contributed by atoms with Crippen molar-refractivity contribution in [2.75, 3.05) is 31.7 Å². The number of phosphoric acid groups is 1. The van der Waals surface area contributed by atoms with E-state index in [4.69, 9.17) is 39.5 Å². The van der Waals surface area contributed by atoms with Crippen molar-refractivity contribution in [3.8, 4) is 0 Å². The lowest BCUT2D eigenvalue weighted by atomic mass is 10.0. The van der Waals surface area contributed by atoms with Gasteiger partial charge in [-0.3, -0.25) is 14.4 Å². The summed E-state index contributed by atoms with van der Waals surface area (Å²) in [6.07, 6.45) is 7.58. The fraction of sp³-hybridized carbons (Fsp3) is 0.707. The topological polar surface area (TPSA) is 187 Å². The Hall–Kier alpha value is -2.93. The monoisotopic (exact) mass is 874 g/mol. The molecule has 4 heterocycles. The first-order valence-electron chi connectivity index (χ1n) is 21.2. The summed E-state index contributed by atoms with van der Waals surface area (Å²) in [5, 5.41) is 7.44. The van der Waals surface area contributed by atoms with E-state index in [1.54, 1.807) is 43.6 Å². The first-order chi connectivity index (χ1) is 28.5. The Kier molecular flexibility index (Phi) is 17.6. The van der Waals surface area contributed by atoms with Crippen LogP contribution in [0.3, 0.4) is 0 Å². The number of ether oxygens (including phenoxy) is 4. The smallest absolute Gasteiger partial charge is 0.399 e. The average Bonchev–Trinajstić information content (AvgIpc) is 3.84. The molecule has 2 aliphatic heterocycles. The van der Waals surface area contributed by atoms with Crippen LogP contribution in [0.25, 0.3) is 5.52 Å². The minimum absolute atomic E-state index is 0.0178. The van der Waals surface area contributed by atoms with Gasteiger partial charge in [-0.1, -0.05) is 83.5 Å². The molecule has 19 heteroatoms. The predicted octanol–water partition coefficient (Wildman–Crippen LogP) is 9.06. The molecule has 0 radical (unpaired) electrons. The molecular formula is C41H63F4N6O8P. The van der Waals surface area contributed by atoms with Crippen molar-refractivity contribution in [3.63, 3.8) is 0 Å². The number of alkyl halides is 3. The van der Waals surface area contributed by atoms with E-state index in [9.17, 15) is 27.0 Å². The molecule has 0 amide bonds. The van der Waals surface area contributed by atoms with Gasteiger partial charge < -0.3 is 35.3 Å². The lowest BCUT2D eigenvalue weighted by molar-refractivity contribution is -0.223. The molecule has 6 N–H and O–H groups in total. The van der Waals surface area contributed by atoms with Crippen LogP contribution in [0, 0.1) is 5.82 Å². The highest BCUT2D eigenvalue weighted by atomic mass is 31.2. The Bertz CT molecular complexity index is 1820. The van der Waals surface area contributed by atoms with E-state index in [0.29, 0.717) is 29.6 Å². The van der Waals surface area contributed by atoms with Gasteiger partial charge in [0.1, 0.15) is 42.6 Å². The molecule has 0 spiro atoms. The average molecular weight is 875 g/mol. The zero-order chi connectivity index (χ0) is 43.4. The maximum absolute atomic E-state index is 14.1. The minimum Gasteiger partial charge on any atom is -0.399 e. The van der Waals surface area contributed by atoms with Gasteiger partial charge in [-0.2, -0.15) is 18.3 Å². The van der Waals surface area contributed by atoms with Gasteiger partial charge in [-0.05, 0) is 69.6 Å². The van der Waals surface area contributed by atoms with Crippen LogP contribution in [0.15, 0.2) is 36.7 Å². The standard InChI is InChI=1S/C41H63F4N6O8P/c1-39(2)57-36-35(33-19-20-34-38(47)49-28-50-51(33)34)58-40(48-3,37(36)59-39)27-56-60(52,53)55-26-32(54-25-29-22-30(42)24-31(46)23-29)18-16-14-12-10-8-6-4-5-7-9-11-13-15-17-21-41(43,44)45/h19-20,22-24,28,32,35-37,48H,4-18,21,25-27,46H2,1-3H3,(H,52,53)(H2,47,49,50)/t32-,35-,36-,37-,40+/m0/s1. The molecule has 2 aromatic heterocycles. The van der Waals surface area contributed by atoms with Gasteiger partial charge in [-0.25, -0.2) is 18.5 Å². The van der Waals surface area contributed by atoms with Crippen molar-refractivity contribution in [3.05, 3.63) is 53.7 Å². The number of nitrogens with two attached hydrogens (primary N) is 2.